The molecule has 170 valence electrons. The van der Waals surface area contributed by atoms with E-state index in [-0.39, 0.29) is 22.0 Å². The Kier molecular flexibility index (Phi) is 7.09. The van der Waals surface area contributed by atoms with E-state index in [1.54, 1.807) is 5.38 Å². The first kappa shape index (κ1) is 22.8. The molecule has 1 N–H and O–H groups in total. The summed E-state index contributed by atoms with van der Waals surface area (Å²) in [7, 11) is -3.66. The molecular formula is C20H28N4O4S3. The number of nitrogens with one attached hydrogen (secondary N) is 1. The second-order valence-electron chi connectivity index (χ2n) is 8.13. The third-order valence-corrected chi connectivity index (χ3v) is 9.21. The van der Waals surface area contributed by atoms with E-state index in [4.69, 9.17) is 4.74 Å². The van der Waals surface area contributed by atoms with Gasteiger partial charge >= 0.3 is 0 Å². The van der Waals surface area contributed by atoms with Crippen molar-refractivity contribution in [2.75, 3.05) is 31.5 Å². The first-order chi connectivity index (χ1) is 14.8. The maximum atomic E-state index is 13.0. The number of nitrogens with zero attached hydrogens (tertiary/aromatic N) is 3. The van der Waals surface area contributed by atoms with Gasteiger partial charge in [-0.05, 0) is 38.1 Å². The van der Waals surface area contributed by atoms with Gasteiger partial charge in [0.1, 0.15) is 9.77 Å². The van der Waals surface area contributed by atoms with Crippen LogP contribution in [0, 0.1) is 0 Å². The maximum Gasteiger partial charge on any atom is 0.268 e. The summed E-state index contributed by atoms with van der Waals surface area (Å²) in [6, 6.07) is 1.53. The number of aromatic nitrogens is 1. The first-order valence-electron chi connectivity index (χ1n) is 10.5. The van der Waals surface area contributed by atoms with E-state index in [1.807, 2.05) is 5.38 Å². The molecule has 2 atom stereocenters. The molecule has 31 heavy (non-hydrogen) atoms. The predicted octanol–water partition coefficient (Wildman–Crippen LogP) is 3.24. The SMILES string of the molecule is CC1CN(Cc2csc(NC(=O)c3sccc3S(=O)(=O)N3CCCCC3)n2)CC(C)O1. The van der Waals surface area contributed by atoms with Gasteiger partial charge in [-0.3, -0.25) is 15.0 Å². The Morgan fingerprint density at radius 2 is 1.90 bits per heavy atom. The third-order valence-electron chi connectivity index (χ3n) is 5.42. The summed E-state index contributed by atoms with van der Waals surface area (Å²) < 4.78 is 33.3. The number of anilines is 1. The smallest absolute Gasteiger partial charge is 0.268 e. The number of morpholine rings is 1. The van der Waals surface area contributed by atoms with Gasteiger partial charge in [-0.1, -0.05) is 6.42 Å². The van der Waals surface area contributed by atoms with Crippen LogP contribution in [0.3, 0.4) is 0 Å². The lowest BCUT2D eigenvalue weighted by molar-refractivity contribution is -0.0707. The minimum atomic E-state index is -3.66. The molecule has 2 unspecified atom stereocenters. The molecule has 11 heteroatoms. The number of carbonyl (C=O) groups is 1. The summed E-state index contributed by atoms with van der Waals surface area (Å²) >= 11 is 2.49. The fraction of sp³-hybridized carbons (Fsp3) is 0.600. The first-order valence-corrected chi connectivity index (χ1v) is 13.7. The molecule has 0 bridgehead atoms. The molecule has 2 aliphatic rings. The van der Waals surface area contributed by atoms with Crippen molar-refractivity contribution in [3.8, 4) is 0 Å². The molecule has 0 saturated carbocycles. The van der Waals surface area contributed by atoms with Gasteiger partial charge in [0.15, 0.2) is 5.13 Å². The van der Waals surface area contributed by atoms with Crippen LogP contribution in [0.25, 0.3) is 0 Å². The minimum absolute atomic E-state index is 0.0879. The van der Waals surface area contributed by atoms with Crippen molar-refractivity contribution in [3.05, 3.63) is 27.4 Å². The number of sulfonamides is 1. The van der Waals surface area contributed by atoms with E-state index in [0.29, 0.717) is 24.8 Å². The average Bonchev–Trinajstić information content (AvgIpc) is 3.38. The average molecular weight is 485 g/mol. The fourth-order valence-electron chi connectivity index (χ4n) is 4.14. The number of hydrogen-bond acceptors (Lipinski definition) is 8. The van der Waals surface area contributed by atoms with E-state index < -0.39 is 15.9 Å². The highest BCUT2D eigenvalue weighted by Gasteiger charge is 2.31. The molecule has 4 rings (SSSR count). The van der Waals surface area contributed by atoms with E-state index in [0.717, 1.165) is 49.4 Å². The van der Waals surface area contributed by atoms with Crippen LogP contribution in [-0.2, 0) is 21.3 Å². The molecule has 2 saturated heterocycles. The highest BCUT2D eigenvalue weighted by molar-refractivity contribution is 7.89. The van der Waals surface area contributed by atoms with Gasteiger partial charge in [-0.2, -0.15) is 4.31 Å². The molecule has 4 heterocycles. The summed E-state index contributed by atoms with van der Waals surface area (Å²) in [5.41, 5.74) is 0.883. The van der Waals surface area contributed by atoms with Crippen molar-refractivity contribution in [2.24, 2.45) is 0 Å². The topological polar surface area (TPSA) is 91.8 Å². The van der Waals surface area contributed by atoms with Gasteiger partial charge in [0.2, 0.25) is 10.0 Å². The largest absolute Gasteiger partial charge is 0.373 e. The number of rotatable bonds is 6. The van der Waals surface area contributed by atoms with Crippen molar-refractivity contribution in [3.63, 3.8) is 0 Å². The number of piperidine rings is 1. The van der Waals surface area contributed by atoms with Crippen LogP contribution < -0.4 is 5.32 Å². The lowest BCUT2D eigenvalue weighted by atomic mass is 10.2. The molecule has 0 aromatic carbocycles. The van der Waals surface area contributed by atoms with Crippen molar-refractivity contribution in [1.29, 1.82) is 0 Å². The second kappa shape index (κ2) is 9.63. The Bertz CT molecular complexity index is 1000. The molecular weight excluding hydrogens is 456 g/mol. The molecule has 2 aliphatic heterocycles. The number of carbonyl (C=O) groups excluding carboxylic acids is 1. The van der Waals surface area contributed by atoms with Crippen LogP contribution in [-0.4, -0.2) is 66.9 Å². The molecule has 8 nitrogen and oxygen atoms in total. The third kappa shape index (κ3) is 5.35. The Labute approximate surface area is 191 Å². The van der Waals surface area contributed by atoms with Gasteiger partial charge in [0.25, 0.3) is 5.91 Å². The Morgan fingerprint density at radius 1 is 1.19 bits per heavy atom. The molecule has 1 amide bonds. The van der Waals surface area contributed by atoms with Gasteiger partial charge < -0.3 is 4.74 Å². The second-order valence-corrected chi connectivity index (χ2v) is 11.8. The summed E-state index contributed by atoms with van der Waals surface area (Å²) in [6.07, 6.45) is 3.11. The van der Waals surface area contributed by atoms with Crippen molar-refractivity contribution in [2.45, 2.75) is 56.8 Å². The molecule has 2 fully saturated rings. The number of hydrogen-bond donors (Lipinski definition) is 1. The van der Waals surface area contributed by atoms with Crippen molar-refractivity contribution in [1.82, 2.24) is 14.2 Å². The molecule has 2 aromatic rings. The normalized spacial score (nSPS) is 23.7. The lowest BCUT2D eigenvalue weighted by Crippen LogP contribution is -2.44. The van der Waals surface area contributed by atoms with Crippen LogP contribution in [0.4, 0.5) is 5.13 Å². The quantitative estimate of drug-likeness (QED) is 0.677. The number of thiophene rings is 1. The van der Waals surface area contributed by atoms with Gasteiger partial charge in [0, 0.05) is 38.1 Å². The number of thiazole rings is 1. The Morgan fingerprint density at radius 3 is 2.61 bits per heavy atom. The van der Waals surface area contributed by atoms with Crippen LogP contribution in [0.15, 0.2) is 21.7 Å². The zero-order valence-corrected chi connectivity index (χ0v) is 20.2. The van der Waals surface area contributed by atoms with E-state index in [1.165, 1.54) is 21.7 Å². The monoisotopic (exact) mass is 484 g/mol. The lowest BCUT2D eigenvalue weighted by Gasteiger charge is -2.34. The van der Waals surface area contributed by atoms with Gasteiger partial charge in [0.05, 0.1) is 17.9 Å². The van der Waals surface area contributed by atoms with E-state index >= 15 is 0 Å². The van der Waals surface area contributed by atoms with Gasteiger partial charge in [-0.25, -0.2) is 13.4 Å². The summed E-state index contributed by atoms with van der Waals surface area (Å²) in [6.45, 7) is 7.52. The fourth-order valence-corrected chi connectivity index (χ4v) is 7.65. The minimum Gasteiger partial charge on any atom is -0.373 e. The standard InChI is InChI=1S/C20H28N4O4S3/c1-14-10-23(11-15(2)28-14)12-16-13-30-20(21-16)22-19(25)18-17(6-9-29-18)31(26,27)24-7-4-3-5-8-24/h6,9,13-15H,3-5,7-8,10-12H2,1-2H3,(H,21,22,25). The Balaban J connectivity index is 1.42. The molecule has 2 aromatic heterocycles. The van der Waals surface area contributed by atoms with Crippen LogP contribution in [0.1, 0.15) is 48.5 Å². The summed E-state index contributed by atoms with van der Waals surface area (Å²) in [5, 5.41) is 6.85. The van der Waals surface area contributed by atoms with Crippen LogP contribution in [0.2, 0.25) is 0 Å². The maximum absolute atomic E-state index is 13.0. The summed E-state index contributed by atoms with van der Waals surface area (Å²) in [5.74, 6) is -0.430. The molecule has 0 radical (unpaired) electrons. The van der Waals surface area contributed by atoms with Crippen molar-refractivity contribution >= 4 is 43.7 Å². The van der Waals surface area contributed by atoms with E-state index in [9.17, 15) is 13.2 Å². The van der Waals surface area contributed by atoms with Crippen molar-refractivity contribution < 1.29 is 17.9 Å². The highest BCUT2D eigenvalue weighted by Crippen LogP contribution is 2.28. The van der Waals surface area contributed by atoms with Crippen LogP contribution >= 0.6 is 22.7 Å². The number of ether oxygens (including phenoxy) is 1. The van der Waals surface area contributed by atoms with Gasteiger partial charge in [-0.15, -0.1) is 22.7 Å². The zero-order valence-electron chi connectivity index (χ0n) is 17.7. The number of amides is 1. The zero-order chi connectivity index (χ0) is 22.0. The molecule has 0 spiro atoms. The highest BCUT2D eigenvalue weighted by atomic mass is 32.2. The summed E-state index contributed by atoms with van der Waals surface area (Å²) in [4.78, 5) is 20.0. The predicted molar refractivity (Wildman–Crippen MR) is 122 cm³/mol. The Hall–Kier alpha value is -1.37. The molecule has 0 aliphatic carbocycles. The van der Waals surface area contributed by atoms with Crippen LogP contribution in [0.5, 0.6) is 0 Å². The van der Waals surface area contributed by atoms with E-state index in [2.05, 4.69) is 29.0 Å².